The highest BCUT2D eigenvalue weighted by Gasteiger charge is 2.27. The number of likely N-dealkylation sites (N-methyl/N-ethyl adjacent to an activating group) is 1. The lowest BCUT2D eigenvalue weighted by Crippen LogP contribution is -2.36. The minimum atomic E-state index is 0.514. The zero-order valence-corrected chi connectivity index (χ0v) is 14.8. The van der Waals surface area contributed by atoms with Crippen LogP contribution in [0.15, 0.2) is 16.0 Å². The van der Waals surface area contributed by atoms with Gasteiger partial charge in [-0.15, -0.1) is 11.3 Å². The fourth-order valence-electron chi connectivity index (χ4n) is 2.99. The van der Waals surface area contributed by atoms with E-state index in [-0.39, 0.29) is 0 Å². The van der Waals surface area contributed by atoms with Crippen molar-refractivity contribution < 1.29 is 9.15 Å². The molecule has 1 aliphatic rings. The van der Waals surface area contributed by atoms with E-state index >= 15 is 0 Å². The van der Waals surface area contributed by atoms with Crippen molar-refractivity contribution in [3.63, 3.8) is 0 Å². The second-order valence-electron chi connectivity index (χ2n) is 6.14. The fraction of sp³-hybridized carbons (Fsp3) is 0.625. The van der Waals surface area contributed by atoms with Gasteiger partial charge in [0.15, 0.2) is 0 Å². The van der Waals surface area contributed by atoms with Gasteiger partial charge < -0.3 is 14.1 Å². The molecule has 0 radical (unpaired) electrons. The Balaban J connectivity index is 1.71. The Morgan fingerprint density at radius 2 is 2.35 bits per heavy atom. The molecule has 0 spiro atoms. The Morgan fingerprint density at radius 3 is 3.00 bits per heavy atom. The normalized spacial score (nSPS) is 19.0. The number of likely N-dealkylation sites (tertiary alicyclic amines) is 1. The molecule has 1 atom stereocenters. The lowest BCUT2D eigenvalue weighted by atomic mass is 10.2. The van der Waals surface area contributed by atoms with E-state index < -0.39 is 0 Å². The summed E-state index contributed by atoms with van der Waals surface area (Å²) in [5, 5.41) is 3.15. The molecule has 3 rings (SSSR count). The molecule has 1 unspecified atom stereocenters. The van der Waals surface area contributed by atoms with Crippen LogP contribution in [0.25, 0.3) is 0 Å². The molecule has 0 N–H and O–H groups in total. The van der Waals surface area contributed by atoms with E-state index in [4.69, 9.17) is 9.15 Å². The molecule has 3 heterocycles. The molecule has 23 heavy (non-hydrogen) atoms. The summed E-state index contributed by atoms with van der Waals surface area (Å²) in [6.07, 6.45) is 2.96. The van der Waals surface area contributed by atoms with Crippen molar-refractivity contribution in [2.45, 2.75) is 39.1 Å². The molecule has 1 fully saturated rings. The summed E-state index contributed by atoms with van der Waals surface area (Å²) in [5.41, 5.74) is 1.10. The molecule has 126 valence electrons. The Labute approximate surface area is 141 Å². The Bertz CT molecular complexity index is 627. The van der Waals surface area contributed by atoms with Crippen molar-refractivity contribution >= 4 is 11.3 Å². The first-order chi connectivity index (χ1) is 11.1. The summed E-state index contributed by atoms with van der Waals surface area (Å²) >= 11 is 1.66. The summed E-state index contributed by atoms with van der Waals surface area (Å²) in [6.45, 7) is 6.27. The van der Waals surface area contributed by atoms with Gasteiger partial charge in [0, 0.05) is 31.6 Å². The van der Waals surface area contributed by atoms with Crippen LogP contribution < -0.4 is 0 Å². The molecule has 2 aromatic rings. The number of nitrogens with zero attached hydrogens (tertiary/aromatic N) is 4. The maximum Gasteiger partial charge on any atom is 0.208 e. The number of hydrogen-bond acceptors (Lipinski definition) is 7. The number of oxazole rings is 1. The first-order valence-corrected chi connectivity index (χ1v) is 8.78. The second-order valence-corrected chi connectivity index (χ2v) is 7.08. The quantitative estimate of drug-likeness (QED) is 0.773. The van der Waals surface area contributed by atoms with E-state index in [0.29, 0.717) is 12.6 Å². The van der Waals surface area contributed by atoms with Crippen LogP contribution in [0, 0.1) is 6.92 Å². The van der Waals surface area contributed by atoms with Crippen LogP contribution in [0.4, 0.5) is 0 Å². The van der Waals surface area contributed by atoms with Gasteiger partial charge in [-0.3, -0.25) is 4.90 Å². The summed E-state index contributed by atoms with van der Waals surface area (Å²) in [7, 11) is 3.87. The van der Waals surface area contributed by atoms with E-state index in [0.717, 1.165) is 48.5 Å². The molecule has 0 saturated carbocycles. The highest BCUT2D eigenvalue weighted by molar-refractivity contribution is 7.09. The largest absolute Gasteiger partial charge is 0.445 e. The average molecular weight is 336 g/mol. The van der Waals surface area contributed by atoms with Crippen molar-refractivity contribution in [3.05, 3.63) is 33.9 Å². The van der Waals surface area contributed by atoms with E-state index in [2.05, 4.69) is 32.2 Å². The van der Waals surface area contributed by atoms with Gasteiger partial charge in [-0.1, -0.05) is 0 Å². The highest BCUT2D eigenvalue weighted by Crippen LogP contribution is 2.21. The van der Waals surface area contributed by atoms with Crippen LogP contribution in [-0.4, -0.2) is 53.1 Å². The summed E-state index contributed by atoms with van der Waals surface area (Å²) in [6, 6.07) is 0.514. The molecule has 0 bridgehead atoms. The van der Waals surface area contributed by atoms with Gasteiger partial charge in [0.1, 0.15) is 10.8 Å². The fourth-order valence-corrected chi connectivity index (χ4v) is 3.75. The molecule has 2 aromatic heterocycles. The number of ether oxygens (including phenoxy) is 1. The average Bonchev–Trinajstić information content (AvgIpc) is 3.22. The van der Waals surface area contributed by atoms with Crippen molar-refractivity contribution in [2.75, 3.05) is 27.2 Å². The minimum absolute atomic E-state index is 0.514. The van der Waals surface area contributed by atoms with E-state index in [1.165, 1.54) is 6.42 Å². The maximum absolute atomic E-state index is 5.68. The smallest absolute Gasteiger partial charge is 0.208 e. The number of aryl methyl sites for hydroxylation is 1. The second kappa shape index (κ2) is 7.53. The van der Waals surface area contributed by atoms with Crippen molar-refractivity contribution in [1.82, 2.24) is 19.8 Å². The minimum Gasteiger partial charge on any atom is -0.445 e. The summed E-state index contributed by atoms with van der Waals surface area (Å²) in [4.78, 5) is 13.8. The first-order valence-electron chi connectivity index (χ1n) is 7.90. The van der Waals surface area contributed by atoms with E-state index in [9.17, 15) is 0 Å². The Morgan fingerprint density at radius 1 is 1.48 bits per heavy atom. The molecule has 1 aliphatic heterocycles. The molecular weight excluding hydrogens is 312 g/mol. The number of rotatable bonds is 7. The molecule has 0 amide bonds. The maximum atomic E-state index is 5.68. The van der Waals surface area contributed by atoms with Crippen molar-refractivity contribution in [2.24, 2.45) is 0 Å². The lowest BCUT2D eigenvalue weighted by Gasteiger charge is -2.26. The molecule has 0 aromatic carbocycles. The molecular formula is C16H24N4O2S. The predicted octanol–water partition coefficient (Wildman–Crippen LogP) is 2.29. The van der Waals surface area contributed by atoms with Gasteiger partial charge in [0.25, 0.3) is 0 Å². The monoisotopic (exact) mass is 336 g/mol. The van der Waals surface area contributed by atoms with Crippen LogP contribution in [0.1, 0.15) is 28.8 Å². The lowest BCUT2D eigenvalue weighted by molar-refractivity contribution is 0.160. The standard InChI is InChI=1S/C16H24N4O2S/c1-12-6-17-15(22-12)9-20(14-4-5-19(2)8-14)7-13-11-23-16(18-13)10-21-3/h6,11,14H,4-5,7-10H2,1-3H3. The molecule has 7 heteroatoms. The number of aromatic nitrogens is 2. The Hall–Kier alpha value is -1.28. The number of hydrogen-bond donors (Lipinski definition) is 0. The van der Waals surface area contributed by atoms with Crippen LogP contribution in [0.3, 0.4) is 0 Å². The zero-order chi connectivity index (χ0) is 16.2. The SMILES string of the molecule is COCc1nc(CN(Cc2ncc(C)o2)C2CCN(C)C2)cs1. The first kappa shape index (κ1) is 16.6. The van der Waals surface area contributed by atoms with Crippen LogP contribution in [0.5, 0.6) is 0 Å². The Kier molecular flexibility index (Phi) is 5.42. The molecule has 1 saturated heterocycles. The van der Waals surface area contributed by atoms with Gasteiger partial charge in [0.2, 0.25) is 5.89 Å². The zero-order valence-electron chi connectivity index (χ0n) is 14.0. The predicted molar refractivity (Wildman–Crippen MR) is 89.2 cm³/mol. The topological polar surface area (TPSA) is 54.6 Å². The van der Waals surface area contributed by atoms with Gasteiger partial charge in [-0.05, 0) is 26.9 Å². The van der Waals surface area contributed by atoms with Crippen molar-refractivity contribution in [1.29, 1.82) is 0 Å². The van der Waals surface area contributed by atoms with Crippen LogP contribution in [-0.2, 0) is 24.4 Å². The van der Waals surface area contributed by atoms with Gasteiger partial charge in [0.05, 0.1) is 25.0 Å². The van der Waals surface area contributed by atoms with E-state index in [1.807, 2.05) is 6.92 Å². The summed E-state index contributed by atoms with van der Waals surface area (Å²) in [5.74, 6) is 1.64. The van der Waals surface area contributed by atoms with Crippen LogP contribution in [0.2, 0.25) is 0 Å². The number of methoxy groups -OCH3 is 1. The van der Waals surface area contributed by atoms with E-state index in [1.54, 1.807) is 24.6 Å². The third-order valence-electron chi connectivity index (χ3n) is 4.12. The van der Waals surface area contributed by atoms with Gasteiger partial charge in [-0.2, -0.15) is 0 Å². The van der Waals surface area contributed by atoms with Crippen LogP contribution >= 0.6 is 11.3 Å². The summed E-state index contributed by atoms with van der Waals surface area (Å²) < 4.78 is 10.8. The van der Waals surface area contributed by atoms with Gasteiger partial charge in [-0.25, -0.2) is 9.97 Å². The van der Waals surface area contributed by atoms with Gasteiger partial charge >= 0.3 is 0 Å². The van der Waals surface area contributed by atoms with Crippen molar-refractivity contribution in [3.8, 4) is 0 Å². The third kappa shape index (κ3) is 4.38. The highest BCUT2D eigenvalue weighted by atomic mass is 32.1. The third-order valence-corrected chi connectivity index (χ3v) is 4.99. The molecule has 6 nitrogen and oxygen atoms in total. The molecule has 0 aliphatic carbocycles. The number of thiazole rings is 1.